The van der Waals surface area contributed by atoms with Crippen LogP contribution in [0.2, 0.25) is 0 Å². The van der Waals surface area contributed by atoms with Crippen LogP contribution in [-0.2, 0) is 4.79 Å². The number of nitrogens with one attached hydrogen (secondary N) is 1. The molecule has 2 atom stereocenters. The molecule has 0 saturated heterocycles. The molecule has 3 rings (SSSR count). The summed E-state index contributed by atoms with van der Waals surface area (Å²) in [7, 11) is 1.77. The minimum Gasteiger partial charge on any atom is -0.488 e. The SMILES string of the molecule is CNC1(C(N)=O)CCC(Oc2cccc3cccnc23)C1. The number of carbonyl (C=O) groups excluding carboxylic acids is 1. The van der Waals surface area contributed by atoms with Gasteiger partial charge in [0.1, 0.15) is 22.9 Å². The lowest BCUT2D eigenvalue weighted by molar-refractivity contribution is -0.124. The maximum absolute atomic E-state index is 11.7. The quantitative estimate of drug-likeness (QED) is 0.894. The van der Waals surface area contributed by atoms with Crippen molar-refractivity contribution in [3.05, 3.63) is 36.5 Å². The fourth-order valence-electron chi connectivity index (χ4n) is 3.03. The molecule has 0 bridgehead atoms. The van der Waals surface area contributed by atoms with Gasteiger partial charge in [0.05, 0.1) is 0 Å². The van der Waals surface area contributed by atoms with E-state index in [0.717, 1.165) is 23.1 Å². The van der Waals surface area contributed by atoms with Gasteiger partial charge in [0.15, 0.2) is 0 Å². The Morgan fingerprint density at radius 2 is 2.24 bits per heavy atom. The Labute approximate surface area is 123 Å². The largest absolute Gasteiger partial charge is 0.488 e. The van der Waals surface area contributed by atoms with Crippen LogP contribution in [0.1, 0.15) is 19.3 Å². The molecule has 0 spiro atoms. The molecule has 1 fully saturated rings. The topological polar surface area (TPSA) is 77.2 Å². The first-order chi connectivity index (χ1) is 10.1. The molecule has 1 aliphatic carbocycles. The van der Waals surface area contributed by atoms with Crippen molar-refractivity contribution in [3.63, 3.8) is 0 Å². The molecule has 5 nitrogen and oxygen atoms in total. The van der Waals surface area contributed by atoms with Gasteiger partial charge in [0, 0.05) is 18.0 Å². The molecule has 3 N–H and O–H groups in total. The molecule has 1 aromatic carbocycles. The number of carbonyl (C=O) groups is 1. The van der Waals surface area contributed by atoms with Crippen LogP contribution in [-0.4, -0.2) is 29.6 Å². The van der Waals surface area contributed by atoms with E-state index >= 15 is 0 Å². The summed E-state index contributed by atoms with van der Waals surface area (Å²) in [6.07, 6.45) is 3.81. The van der Waals surface area contributed by atoms with E-state index < -0.39 is 5.54 Å². The van der Waals surface area contributed by atoms with Crippen molar-refractivity contribution in [2.45, 2.75) is 30.9 Å². The fourth-order valence-corrected chi connectivity index (χ4v) is 3.03. The van der Waals surface area contributed by atoms with Crippen LogP contribution in [0.15, 0.2) is 36.5 Å². The van der Waals surface area contributed by atoms with Crippen molar-refractivity contribution >= 4 is 16.8 Å². The number of aromatic nitrogens is 1. The number of primary amides is 1. The van der Waals surface area contributed by atoms with E-state index in [2.05, 4.69) is 10.3 Å². The fraction of sp³-hybridized carbons (Fsp3) is 0.375. The number of rotatable bonds is 4. The summed E-state index contributed by atoms with van der Waals surface area (Å²) in [6, 6.07) is 9.78. The van der Waals surface area contributed by atoms with Crippen molar-refractivity contribution in [2.24, 2.45) is 5.73 Å². The second-order valence-electron chi connectivity index (χ2n) is 5.51. The minimum absolute atomic E-state index is 0.0300. The zero-order chi connectivity index (χ0) is 14.9. The number of para-hydroxylation sites is 1. The molecule has 5 heteroatoms. The van der Waals surface area contributed by atoms with E-state index in [0.29, 0.717) is 12.8 Å². The second-order valence-corrected chi connectivity index (χ2v) is 5.51. The second kappa shape index (κ2) is 5.33. The number of fused-ring (bicyclic) bond motifs is 1. The molecule has 110 valence electrons. The Balaban J connectivity index is 1.83. The van der Waals surface area contributed by atoms with Gasteiger partial charge in [-0.25, -0.2) is 0 Å². The highest BCUT2D eigenvalue weighted by atomic mass is 16.5. The number of nitrogens with two attached hydrogens (primary N) is 1. The third-order valence-electron chi connectivity index (χ3n) is 4.31. The van der Waals surface area contributed by atoms with Crippen LogP contribution in [0.5, 0.6) is 5.75 Å². The first-order valence-corrected chi connectivity index (χ1v) is 7.14. The first-order valence-electron chi connectivity index (χ1n) is 7.14. The monoisotopic (exact) mass is 285 g/mol. The number of ether oxygens (including phenoxy) is 1. The Hall–Kier alpha value is -2.14. The van der Waals surface area contributed by atoms with Crippen LogP contribution in [0.25, 0.3) is 10.9 Å². The van der Waals surface area contributed by atoms with Crippen LogP contribution < -0.4 is 15.8 Å². The molecule has 0 aliphatic heterocycles. The Morgan fingerprint density at radius 1 is 1.43 bits per heavy atom. The number of hydrogen-bond acceptors (Lipinski definition) is 4. The summed E-state index contributed by atoms with van der Waals surface area (Å²) in [5, 5.41) is 4.10. The minimum atomic E-state index is -0.650. The van der Waals surface area contributed by atoms with E-state index in [-0.39, 0.29) is 12.0 Å². The van der Waals surface area contributed by atoms with Crippen LogP contribution >= 0.6 is 0 Å². The average molecular weight is 285 g/mol. The number of pyridine rings is 1. The molecule has 2 aromatic rings. The Kier molecular flexibility index (Phi) is 3.51. The summed E-state index contributed by atoms with van der Waals surface area (Å²) >= 11 is 0. The lowest BCUT2D eigenvalue weighted by Crippen LogP contribution is -2.52. The summed E-state index contributed by atoms with van der Waals surface area (Å²) in [4.78, 5) is 16.0. The molecule has 1 amide bonds. The number of benzene rings is 1. The maximum Gasteiger partial charge on any atom is 0.237 e. The summed E-state index contributed by atoms with van der Waals surface area (Å²) in [6.45, 7) is 0. The predicted molar refractivity (Wildman–Crippen MR) is 81.0 cm³/mol. The van der Waals surface area contributed by atoms with Crippen LogP contribution in [0.3, 0.4) is 0 Å². The summed E-state index contributed by atoms with van der Waals surface area (Å²) in [5.41, 5.74) is 5.72. The van der Waals surface area contributed by atoms with Gasteiger partial charge in [-0.2, -0.15) is 0 Å². The van der Waals surface area contributed by atoms with E-state index in [9.17, 15) is 4.79 Å². The van der Waals surface area contributed by atoms with Crippen molar-refractivity contribution in [3.8, 4) is 5.75 Å². The molecule has 1 aliphatic rings. The van der Waals surface area contributed by atoms with Gasteiger partial charge < -0.3 is 15.8 Å². The number of likely N-dealkylation sites (N-methyl/N-ethyl adjacent to an activating group) is 1. The van der Waals surface area contributed by atoms with Gasteiger partial charge in [-0.05, 0) is 32.0 Å². The van der Waals surface area contributed by atoms with E-state index in [1.807, 2.05) is 30.3 Å². The third-order valence-corrected chi connectivity index (χ3v) is 4.31. The van der Waals surface area contributed by atoms with E-state index in [1.165, 1.54) is 0 Å². The maximum atomic E-state index is 11.7. The highest BCUT2D eigenvalue weighted by Crippen LogP contribution is 2.34. The number of nitrogens with zero attached hydrogens (tertiary/aromatic N) is 1. The van der Waals surface area contributed by atoms with Crippen LogP contribution in [0.4, 0.5) is 0 Å². The van der Waals surface area contributed by atoms with Gasteiger partial charge in [0.25, 0.3) is 0 Å². The summed E-state index contributed by atoms with van der Waals surface area (Å²) in [5.74, 6) is 0.446. The summed E-state index contributed by atoms with van der Waals surface area (Å²) < 4.78 is 6.09. The number of hydrogen-bond donors (Lipinski definition) is 2. The molecule has 0 radical (unpaired) electrons. The van der Waals surface area contributed by atoms with Crippen LogP contribution in [0, 0.1) is 0 Å². The van der Waals surface area contributed by atoms with Gasteiger partial charge in [-0.3, -0.25) is 9.78 Å². The predicted octanol–water partition coefficient (Wildman–Crippen LogP) is 1.61. The van der Waals surface area contributed by atoms with Crippen molar-refractivity contribution in [1.29, 1.82) is 0 Å². The van der Waals surface area contributed by atoms with Gasteiger partial charge >= 0.3 is 0 Å². The van der Waals surface area contributed by atoms with Crippen molar-refractivity contribution in [2.75, 3.05) is 7.05 Å². The van der Waals surface area contributed by atoms with Crippen molar-refractivity contribution < 1.29 is 9.53 Å². The first kappa shape index (κ1) is 13.8. The van der Waals surface area contributed by atoms with E-state index in [1.54, 1.807) is 13.2 Å². The average Bonchev–Trinajstić information content (AvgIpc) is 2.92. The molecule has 21 heavy (non-hydrogen) atoms. The number of amides is 1. The standard InChI is InChI=1S/C16H19N3O2/c1-18-16(15(17)20)8-7-12(10-16)21-13-6-2-4-11-5-3-9-19-14(11)13/h2-6,9,12,18H,7-8,10H2,1H3,(H2,17,20). The van der Waals surface area contributed by atoms with E-state index in [4.69, 9.17) is 10.5 Å². The smallest absolute Gasteiger partial charge is 0.237 e. The zero-order valence-electron chi connectivity index (χ0n) is 12.0. The molecule has 2 unspecified atom stereocenters. The lowest BCUT2D eigenvalue weighted by Gasteiger charge is -2.24. The third kappa shape index (κ3) is 2.45. The Bertz CT molecular complexity index is 668. The lowest BCUT2D eigenvalue weighted by atomic mass is 9.97. The molecule has 1 saturated carbocycles. The normalized spacial score (nSPS) is 25.1. The molecule has 1 aromatic heterocycles. The molecular formula is C16H19N3O2. The highest BCUT2D eigenvalue weighted by molar-refractivity contribution is 5.85. The van der Waals surface area contributed by atoms with Crippen molar-refractivity contribution in [1.82, 2.24) is 10.3 Å². The van der Waals surface area contributed by atoms with Gasteiger partial charge in [0.2, 0.25) is 5.91 Å². The molecular weight excluding hydrogens is 266 g/mol. The van der Waals surface area contributed by atoms with Gasteiger partial charge in [-0.1, -0.05) is 18.2 Å². The Morgan fingerprint density at radius 3 is 2.95 bits per heavy atom. The van der Waals surface area contributed by atoms with Gasteiger partial charge in [-0.15, -0.1) is 0 Å². The highest BCUT2D eigenvalue weighted by Gasteiger charge is 2.43. The zero-order valence-corrected chi connectivity index (χ0v) is 12.0. The molecule has 1 heterocycles.